The normalized spacial score (nSPS) is 27.0. The molecule has 1 aromatic rings. The lowest BCUT2D eigenvalue weighted by molar-refractivity contribution is -0.118. The summed E-state index contributed by atoms with van der Waals surface area (Å²) in [5, 5.41) is 12.1. The molecular formula is C16H19NO3. The minimum atomic E-state index is -0.957. The van der Waals surface area contributed by atoms with Crippen LogP contribution < -0.4 is 5.32 Å². The van der Waals surface area contributed by atoms with Crippen LogP contribution in [-0.4, -0.2) is 17.0 Å². The van der Waals surface area contributed by atoms with Crippen LogP contribution in [0.4, 0.5) is 5.69 Å². The first-order chi connectivity index (χ1) is 9.49. The standard InChI is InChI=1S/C16H19NO3/c1-8-6-9(2)13(7-12(8)16(19)20)17-15(18)14-10-4-3-5-11(10)14/h6-7,10-11,14H,3-5H2,1-2H3,(H,17,18)(H,19,20). The zero-order chi connectivity index (χ0) is 14.4. The van der Waals surface area contributed by atoms with Crippen LogP contribution in [0.2, 0.25) is 0 Å². The fourth-order valence-electron chi connectivity index (χ4n) is 3.64. The lowest BCUT2D eigenvalue weighted by Crippen LogP contribution is -2.18. The van der Waals surface area contributed by atoms with Crippen molar-refractivity contribution in [2.75, 3.05) is 5.32 Å². The van der Waals surface area contributed by atoms with Gasteiger partial charge in [0.25, 0.3) is 0 Å². The van der Waals surface area contributed by atoms with Gasteiger partial charge in [-0.3, -0.25) is 4.79 Å². The van der Waals surface area contributed by atoms with Gasteiger partial charge in [-0.1, -0.05) is 12.5 Å². The highest BCUT2D eigenvalue weighted by atomic mass is 16.4. The molecule has 3 rings (SSSR count). The maximum atomic E-state index is 12.2. The summed E-state index contributed by atoms with van der Waals surface area (Å²) >= 11 is 0. The lowest BCUT2D eigenvalue weighted by atomic mass is 10.0. The van der Waals surface area contributed by atoms with Crippen LogP contribution in [-0.2, 0) is 4.79 Å². The largest absolute Gasteiger partial charge is 0.478 e. The molecule has 2 aliphatic carbocycles. The van der Waals surface area contributed by atoms with Crippen LogP contribution in [0, 0.1) is 31.6 Å². The molecule has 2 aliphatic rings. The van der Waals surface area contributed by atoms with Crippen LogP contribution in [0.5, 0.6) is 0 Å². The number of fused-ring (bicyclic) bond motifs is 1. The van der Waals surface area contributed by atoms with Crippen LogP contribution in [0.25, 0.3) is 0 Å². The Morgan fingerprint density at radius 1 is 1.15 bits per heavy atom. The van der Waals surface area contributed by atoms with Crippen LogP contribution in [0.1, 0.15) is 40.7 Å². The van der Waals surface area contributed by atoms with Gasteiger partial charge in [0.05, 0.1) is 5.56 Å². The third-order valence-electron chi connectivity index (χ3n) is 4.77. The highest BCUT2D eigenvalue weighted by Crippen LogP contribution is 2.57. The number of rotatable bonds is 3. The van der Waals surface area contributed by atoms with Gasteiger partial charge in [0.2, 0.25) is 5.91 Å². The Hall–Kier alpha value is -1.84. The highest BCUT2D eigenvalue weighted by molar-refractivity contribution is 5.98. The summed E-state index contributed by atoms with van der Waals surface area (Å²) in [5.41, 5.74) is 2.51. The molecule has 0 bridgehead atoms. The van der Waals surface area contributed by atoms with E-state index in [1.54, 1.807) is 13.0 Å². The van der Waals surface area contributed by atoms with Crippen molar-refractivity contribution in [1.82, 2.24) is 0 Å². The van der Waals surface area contributed by atoms with Crippen molar-refractivity contribution in [1.29, 1.82) is 0 Å². The van der Waals surface area contributed by atoms with E-state index in [0.29, 0.717) is 17.5 Å². The Labute approximate surface area is 118 Å². The SMILES string of the molecule is Cc1cc(C)c(C(=O)O)cc1NC(=O)C1C2CCCC21. The molecule has 0 spiro atoms. The predicted molar refractivity (Wildman–Crippen MR) is 75.8 cm³/mol. The Kier molecular flexibility index (Phi) is 3.04. The van der Waals surface area contributed by atoms with E-state index < -0.39 is 5.97 Å². The number of carbonyl (C=O) groups is 2. The van der Waals surface area contributed by atoms with Gasteiger partial charge >= 0.3 is 5.97 Å². The van der Waals surface area contributed by atoms with Crippen molar-refractivity contribution >= 4 is 17.6 Å². The van der Waals surface area contributed by atoms with Gasteiger partial charge in [0.15, 0.2) is 0 Å². The number of aromatic carboxylic acids is 1. The minimum absolute atomic E-state index is 0.0583. The zero-order valence-electron chi connectivity index (χ0n) is 11.8. The number of aryl methyl sites for hydroxylation is 2. The number of carboxylic acids is 1. The summed E-state index contributed by atoms with van der Waals surface area (Å²) in [6, 6.07) is 3.38. The molecule has 0 radical (unpaired) electrons. The van der Waals surface area contributed by atoms with Crippen molar-refractivity contribution in [2.24, 2.45) is 17.8 Å². The van der Waals surface area contributed by atoms with E-state index >= 15 is 0 Å². The number of anilines is 1. The molecule has 0 aromatic heterocycles. The Bertz CT molecular complexity index is 584. The molecule has 1 amide bonds. The van der Waals surface area contributed by atoms with Crippen molar-refractivity contribution in [3.05, 3.63) is 28.8 Å². The summed E-state index contributed by atoms with van der Waals surface area (Å²) < 4.78 is 0. The van der Waals surface area contributed by atoms with E-state index in [4.69, 9.17) is 5.11 Å². The van der Waals surface area contributed by atoms with E-state index in [0.717, 1.165) is 24.0 Å². The average Bonchev–Trinajstić information content (AvgIpc) is 2.86. The van der Waals surface area contributed by atoms with E-state index in [1.165, 1.54) is 6.42 Å². The van der Waals surface area contributed by atoms with Gasteiger partial charge < -0.3 is 10.4 Å². The zero-order valence-corrected chi connectivity index (χ0v) is 11.8. The maximum Gasteiger partial charge on any atom is 0.336 e. The molecule has 20 heavy (non-hydrogen) atoms. The van der Waals surface area contributed by atoms with Crippen LogP contribution in [0.3, 0.4) is 0 Å². The van der Waals surface area contributed by atoms with E-state index in [1.807, 2.05) is 13.0 Å². The van der Waals surface area contributed by atoms with Gasteiger partial charge in [-0.25, -0.2) is 4.79 Å². The number of nitrogens with one attached hydrogen (secondary N) is 1. The number of hydrogen-bond donors (Lipinski definition) is 2. The van der Waals surface area contributed by atoms with Crippen molar-refractivity contribution in [2.45, 2.75) is 33.1 Å². The quantitative estimate of drug-likeness (QED) is 0.889. The fourth-order valence-corrected chi connectivity index (χ4v) is 3.64. The first-order valence-electron chi connectivity index (χ1n) is 7.14. The number of benzene rings is 1. The van der Waals surface area contributed by atoms with Gasteiger partial charge in [0.1, 0.15) is 0 Å². The van der Waals surface area contributed by atoms with Gasteiger partial charge in [-0.2, -0.15) is 0 Å². The molecule has 4 nitrogen and oxygen atoms in total. The summed E-state index contributed by atoms with van der Waals surface area (Å²) in [6.07, 6.45) is 3.57. The average molecular weight is 273 g/mol. The molecular weight excluding hydrogens is 254 g/mol. The minimum Gasteiger partial charge on any atom is -0.478 e. The number of hydrogen-bond acceptors (Lipinski definition) is 2. The lowest BCUT2D eigenvalue weighted by Gasteiger charge is -2.12. The molecule has 0 heterocycles. The second-order valence-corrected chi connectivity index (χ2v) is 6.06. The fraction of sp³-hybridized carbons (Fsp3) is 0.500. The molecule has 2 unspecified atom stereocenters. The highest BCUT2D eigenvalue weighted by Gasteiger charge is 2.56. The van der Waals surface area contributed by atoms with Crippen molar-refractivity contribution in [3.8, 4) is 0 Å². The molecule has 4 heteroatoms. The second-order valence-electron chi connectivity index (χ2n) is 6.06. The maximum absolute atomic E-state index is 12.2. The Morgan fingerprint density at radius 3 is 2.40 bits per heavy atom. The number of amides is 1. The Balaban J connectivity index is 1.78. The van der Waals surface area contributed by atoms with Crippen LogP contribution >= 0.6 is 0 Å². The topological polar surface area (TPSA) is 66.4 Å². The Morgan fingerprint density at radius 2 is 1.80 bits per heavy atom. The van der Waals surface area contributed by atoms with Gasteiger partial charge in [-0.15, -0.1) is 0 Å². The molecule has 0 aliphatic heterocycles. The van der Waals surface area contributed by atoms with E-state index in [2.05, 4.69) is 5.32 Å². The molecule has 106 valence electrons. The summed E-state index contributed by atoms with van der Waals surface area (Å²) in [6.45, 7) is 3.66. The first-order valence-corrected chi connectivity index (χ1v) is 7.14. The third-order valence-corrected chi connectivity index (χ3v) is 4.77. The second kappa shape index (κ2) is 4.62. The molecule has 2 fully saturated rings. The van der Waals surface area contributed by atoms with Crippen LogP contribution in [0.15, 0.2) is 12.1 Å². The summed E-state index contributed by atoms with van der Waals surface area (Å²) in [5.74, 6) is 0.390. The molecule has 2 atom stereocenters. The predicted octanol–water partition coefficient (Wildman–Crippen LogP) is 2.99. The van der Waals surface area contributed by atoms with Gasteiger partial charge in [0, 0.05) is 11.6 Å². The molecule has 0 saturated heterocycles. The smallest absolute Gasteiger partial charge is 0.336 e. The summed E-state index contributed by atoms with van der Waals surface area (Å²) in [4.78, 5) is 23.4. The van der Waals surface area contributed by atoms with Crippen molar-refractivity contribution in [3.63, 3.8) is 0 Å². The van der Waals surface area contributed by atoms with Crippen molar-refractivity contribution < 1.29 is 14.7 Å². The molecule has 2 N–H and O–H groups in total. The number of carbonyl (C=O) groups excluding carboxylic acids is 1. The first kappa shape index (κ1) is 13.2. The third kappa shape index (κ3) is 2.09. The molecule has 1 aromatic carbocycles. The summed E-state index contributed by atoms with van der Waals surface area (Å²) in [7, 11) is 0. The van der Waals surface area contributed by atoms with E-state index in [9.17, 15) is 9.59 Å². The molecule has 2 saturated carbocycles. The van der Waals surface area contributed by atoms with Gasteiger partial charge in [-0.05, 0) is 55.7 Å². The number of carboxylic acid groups (broad SMARTS) is 1. The van der Waals surface area contributed by atoms with E-state index in [-0.39, 0.29) is 17.4 Å². The monoisotopic (exact) mass is 273 g/mol.